The van der Waals surface area contributed by atoms with E-state index in [2.05, 4.69) is 4.90 Å². The summed E-state index contributed by atoms with van der Waals surface area (Å²) >= 11 is 0. The van der Waals surface area contributed by atoms with Crippen LogP contribution in [0, 0.1) is 0 Å². The Balaban J connectivity index is 3.29. The molecule has 0 fully saturated rings. The van der Waals surface area contributed by atoms with Crippen LogP contribution in [0.5, 0.6) is 0 Å². The van der Waals surface area contributed by atoms with E-state index in [0.717, 1.165) is 25.0 Å². The molecule has 0 unspecified atom stereocenters. The van der Waals surface area contributed by atoms with Crippen LogP contribution in [0.25, 0.3) is 0 Å². The number of carbonyl (C=O) groups excluding carboxylic acids is 1. The molecule has 0 saturated carbocycles. The average molecular weight is 141 g/mol. The van der Waals surface area contributed by atoms with Crippen molar-refractivity contribution in [1.82, 2.24) is 4.90 Å². The summed E-state index contributed by atoms with van der Waals surface area (Å²) in [7, 11) is 4.06. The van der Waals surface area contributed by atoms with Gasteiger partial charge >= 0.3 is 0 Å². The molecule has 0 atom stereocenters. The molecular formula is C8H15NO. The monoisotopic (exact) mass is 141 g/mol. The summed E-state index contributed by atoms with van der Waals surface area (Å²) in [6.45, 7) is 2.86. The van der Waals surface area contributed by atoms with Crippen LogP contribution >= 0.6 is 0 Å². The molecule has 0 rings (SSSR count). The van der Waals surface area contributed by atoms with E-state index in [1.165, 1.54) is 0 Å². The van der Waals surface area contributed by atoms with Crippen molar-refractivity contribution in [2.75, 3.05) is 20.6 Å². The maximum absolute atomic E-state index is 10.0. The van der Waals surface area contributed by atoms with E-state index in [4.69, 9.17) is 0 Å². The molecule has 0 heterocycles. The van der Waals surface area contributed by atoms with Crippen molar-refractivity contribution in [2.45, 2.75) is 19.8 Å². The molecule has 0 radical (unpaired) electrons. The predicted molar refractivity (Wildman–Crippen MR) is 42.7 cm³/mol. The molecule has 0 spiro atoms. The van der Waals surface area contributed by atoms with Gasteiger partial charge in [0.2, 0.25) is 0 Å². The van der Waals surface area contributed by atoms with Crippen LogP contribution in [0.3, 0.4) is 0 Å². The number of nitrogens with zero attached hydrogens (tertiary/aromatic N) is 1. The summed E-state index contributed by atoms with van der Waals surface area (Å²) in [5, 5.41) is 0. The Labute approximate surface area is 62.5 Å². The molecule has 0 saturated heterocycles. The number of hydrogen-bond acceptors (Lipinski definition) is 2. The van der Waals surface area contributed by atoms with Crippen molar-refractivity contribution in [1.29, 1.82) is 0 Å². The Morgan fingerprint density at radius 1 is 1.50 bits per heavy atom. The molecular weight excluding hydrogens is 126 g/mol. The Morgan fingerprint density at radius 3 is 2.50 bits per heavy atom. The normalized spacial score (nSPS) is 9.60. The number of allylic oxidation sites excluding steroid dienone is 1. The fraction of sp³-hybridized carbons (Fsp3) is 0.750. The minimum Gasteiger partial charge on any atom is -0.309 e. The molecule has 0 aromatic rings. The van der Waals surface area contributed by atoms with Gasteiger partial charge in [0.25, 0.3) is 0 Å². The lowest BCUT2D eigenvalue weighted by Crippen LogP contribution is -2.12. The van der Waals surface area contributed by atoms with Gasteiger partial charge in [-0.05, 0) is 40.4 Å². The van der Waals surface area contributed by atoms with E-state index in [-0.39, 0.29) is 0 Å². The highest BCUT2D eigenvalue weighted by atomic mass is 16.1. The Hall–Kier alpha value is -0.590. The number of hydrogen-bond donors (Lipinski definition) is 0. The first-order chi connectivity index (χ1) is 4.66. The topological polar surface area (TPSA) is 20.3 Å². The summed E-state index contributed by atoms with van der Waals surface area (Å²) in [5.74, 6) is 1.89. The quantitative estimate of drug-likeness (QED) is 0.546. The van der Waals surface area contributed by atoms with Gasteiger partial charge in [0.1, 0.15) is 5.94 Å². The second-order valence-electron chi connectivity index (χ2n) is 2.79. The van der Waals surface area contributed by atoms with Gasteiger partial charge in [-0.2, -0.15) is 0 Å². The third kappa shape index (κ3) is 5.54. The average Bonchev–Trinajstić information content (AvgIpc) is 1.87. The van der Waals surface area contributed by atoms with Crippen molar-refractivity contribution in [3.8, 4) is 0 Å². The van der Waals surface area contributed by atoms with Gasteiger partial charge < -0.3 is 4.90 Å². The number of rotatable bonds is 4. The lowest BCUT2D eigenvalue weighted by atomic mass is 10.2. The van der Waals surface area contributed by atoms with Gasteiger partial charge in [0.15, 0.2) is 0 Å². The van der Waals surface area contributed by atoms with Crippen molar-refractivity contribution in [3.05, 3.63) is 5.57 Å². The third-order valence-corrected chi connectivity index (χ3v) is 1.33. The van der Waals surface area contributed by atoms with E-state index in [9.17, 15) is 4.79 Å². The van der Waals surface area contributed by atoms with Crippen LogP contribution in [0.4, 0.5) is 0 Å². The lowest BCUT2D eigenvalue weighted by Gasteiger charge is -2.07. The smallest absolute Gasteiger partial charge is 0.123 e. The Morgan fingerprint density at radius 2 is 2.10 bits per heavy atom. The van der Waals surface area contributed by atoms with E-state index in [1.54, 1.807) is 0 Å². The van der Waals surface area contributed by atoms with Crippen molar-refractivity contribution < 1.29 is 4.79 Å². The predicted octanol–water partition coefficient (Wildman–Crippen LogP) is 1.11. The SMILES string of the molecule is CC(=C=O)CCCN(C)C. The zero-order valence-corrected chi connectivity index (χ0v) is 6.98. The molecule has 58 valence electrons. The van der Waals surface area contributed by atoms with Crippen molar-refractivity contribution >= 4 is 5.94 Å². The summed E-state index contributed by atoms with van der Waals surface area (Å²) < 4.78 is 0. The minimum absolute atomic E-state index is 0.821. The maximum Gasteiger partial charge on any atom is 0.123 e. The fourth-order valence-corrected chi connectivity index (χ4v) is 0.711. The molecule has 2 nitrogen and oxygen atoms in total. The molecule has 0 bridgehead atoms. The van der Waals surface area contributed by atoms with Crippen molar-refractivity contribution in [2.24, 2.45) is 0 Å². The molecule has 0 aromatic heterocycles. The van der Waals surface area contributed by atoms with Crippen LogP contribution in [0.2, 0.25) is 0 Å². The first kappa shape index (κ1) is 9.41. The van der Waals surface area contributed by atoms with Crippen LogP contribution in [-0.2, 0) is 4.79 Å². The van der Waals surface area contributed by atoms with Gasteiger partial charge in [-0.25, -0.2) is 4.79 Å². The van der Waals surface area contributed by atoms with Gasteiger partial charge in [-0.15, -0.1) is 0 Å². The maximum atomic E-state index is 10.0. The second-order valence-corrected chi connectivity index (χ2v) is 2.79. The van der Waals surface area contributed by atoms with Crippen LogP contribution in [0.15, 0.2) is 5.57 Å². The lowest BCUT2D eigenvalue weighted by molar-refractivity contribution is 0.400. The van der Waals surface area contributed by atoms with Gasteiger partial charge in [-0.1, -0.05) is 0 Å². The molecule has 2 heteroatoms. The fourth-order valence-electron chi connectivity index (χ4n) is 0.711. The Kier molecular flexibility index (Phi) is 4.91. The van der Waals surface area contributed by atoms with Crippen LogP contribution < -0.4 is 0 Å². The van der Waals surface area contributed by atoms with Gasteiger partial charge in [0, 0.05) is 5.57 Å². The molecule has 0 aliphatic rings. The van der Waals surface area contributed by atoms with E-state index in [1.807, 2.05) is 27.0 Å². The zero-order chi connectivity index (χ0) is 7.98. The molecule has 0 aromatic carbocycles. The zero-order valence-electron chi connectivity index (χ0n) is 6.98. The highest BCUT2D eigenvalue weighted by molar-refractivity contribution is 5.50. The van der Waals surface area contributed by atoms with E-state index < -0.39 is 0 Å². The molecule has 0 N–H and O–H groups in total. The molecule has 0 aliphatic heterocycles. The molecule has 0 aliphatic carbocycles. The highest BCUT2D eigenvalue weighted by Crippen LogP contribution is 1.98. The standard InChI is InChI=1S/C8H15NO/c1-8(7-10)5-4-6-9(2)3/h4-6H2,1-3H3. The molecule has 10 heavy (non-hydrogen) atoms. The largest absolute Gasteiger partial charge is 0.309 e. The minimum atomic E-state index is 0.821. The van der Waals surface area contributed by atoms with Gasteiger partial charge in [0.05, 0.1) is 0 Å². The van der Waals surface area contributed by atoms with Crippen molar-refractivity contribution in [3.63, 3.8) is 0 Å². The summed E-state index contributed by atoms with van der Waals surface area (Å²) in [4.78, 5) is 12.1. The summed E-state index contributed by atoms with van der Waals surface area (Å²) in [6.07, 6.45) is 1.93. The second kappa shape index (κ2) is 5.21. The molecule has 0 amide bonds. The summed E-state index contributed by atoms with van der Waals surface area (Å²) in [5.41, 5.74) is 0.821. The summed E-state index contributed by atoms with van der Waals surface area (Å²) in [6, 6.07) is 0. The van der Waals surface area contributed by atoms with Crippen LogP contribution in [0.1, 0.15) is 19.8 Å². The van der Waals surface area contributed by atoms with E-state index in [0.29, 0.717) is 0 Å². The van der Waals surface area contributed by atoms with E-state index >= 15 is 0 Å². The van der Waals surface area contributed by atoms with Crippen LogP contribution in [-0.4, -0.2) is 31.5 Å². The third-order valence-electron chi connectivity index (χ3n) is 1.33. The Bertz CT molecular complexity index is 134. The highest BCUT2D eigenvalue weighted by Gasteiger charge is 1.92. The first-order valence-corrected chi connectivity index (χ1v) is 3.52. The van der Waals surface area contributed by atoms with Gasteiger partial charge in [-0.3, -0.25) is 0 Å². The first-order valence-electron chi connectivity index (χ1n) is 3.52.